The molecule has 0 saturated heterocycles. The summed E-state index contributed by atoms with van der Waals surface area (Å²) in [7, 11) is 0. The molecular formula is C10H19ClN2. The van der Waals surface area contributed by atoms with Gasteiger partial charge >= 0.3 is 0 Å². The first-order valence-electron chi connectivity index (χ1n) is 4.89. The van der Waals surface area contributed by atoms with Crippen LogP contribution in [0.15, 0.2) is 9.98 Å². The van der Waals surface area contributed by atoms with Crippen molar-refractivity contribution in [2.45, 2.75) is 44.9 Å². The van der Waals surface area contributed by atoms with Gasteiger partial charge in [-0.15, -0.1) is 11.6 Å². The monoisotopic (exact) mass is 202 g/mol. The average molecular weight is 203 g/mol. The van der Waals surface area contributed by atoms with Crippen LogP contribution in [0.3, 0.4) is 0 Å². The maximum Gasteiger partial charge on any atom is 0.0892 e. The van der Waals surface area contributed by atoms with Gasteiger partial charge in [0.25, 0.3) is 0 Å². The Morgan fingerprint density at radius 1 is 1.31 bits per heavy atom. The minimum Gasteiger partial charge on any atom is -0.226 e. The van der Waals surface area contributed by atoms with Crippen molar-refractivity contribution in [1.82, 2.24) is 0 Å². The lowest BCUT2D eigenvalue weighted by Gasteiger charge is -2.18. The van der Waals surface area contributed by atoms with Crippen LogP contribution in [-0.2, 0) is 0 Å². The highest BCUT2D eigenvalue weighted by molar-refractivity contribution is 6.23. The van der Waals surface area contributed by atoms with Crippen LogP contribution in [0.4, 0.5) is 0 Å². The molecule has 0 aromatic carbocycles. The van der Waals surface area contributed by atoms with Gasteiger partial charge in [-0.2, -0.15) is 0 Å². The van der Waals surface area contributed by atoms with E-state index in [0.29, 0.717) is 0 Å². The summed E-state index contributed by atoms with van der Waals surface area (Å²) in [5.74, 6) is 0. The Morgan fingerprint density at radius 3 is 2.54 bits per heavy atom. The Balaban J connectivity index is 3.51. The Labute approximate surface area is 86.1 Å². The quantitative estimate of drug-likeness (QED) is 0.359. The van der Waals surface area contributed by atoms with E-state index in [1.165, 1.54) is 0 Å². The second-order valence-corrected chi connectivity index (χ2v) is 4.24. The molecule has 0 saturated carbocycles. The molecule has 0 aromatic heterocycles. The number of hydrogen-bond donors (Lipinski definition) is 0. The molecule has 0 heterocycles. The molecule has 0 N–H and O–H groups in total. The molecular weight excluding hydrogens is 184 g/mol. The van der Waals surface area contributed by atoms with E-state index in [1.807, 2.05) is 6.92 Å². The van der Waals surface area contributed by atoms with E-state index >= 15 is 0 Å². The van der Waals surface area contributed by atoms with Crippen LogP contribution in [0.5, 0.6) is 0 Å². The summed E-state index contributed by atoms with van der Waals surface area (Å²) in [5.41, 5.74) is 0. The molecule has 0 radical (unpaired) electrons. The Bertz CT molecular complexity index is 181. The number of rotatable bonds is 6. The highest BCUT2D eigenvalue weighted by Crippen LogP contribution is 2.24. The Morgan fingerprint density at radius 2 is 2.00 bits per heavy atom. The van der Waals surface area contributed by atoms with Crippen molar-refractivity contribution in [2.75, 3.05) is 13.1 Å². The smallest absolute Gasteiger partial charge is 0.0892 e. The molecule has 0 bridgehead atoms. The zero-order chi connectivity index (χ0) is 10.2. The molecule has 0 amide bonds. The molecule has 0 aliphatic carbocycles. The van der Waals surface area contributed by atoms with E-state index < -0.39 is 0 Å². The summed E-state index contributed by atoms with van der Waals surface area (Å²) >= 11 is 6.18. The minimum atomic E-state index is -0.0581. The second kappa shape index (κ2) is 7.11. The first-order chi connectivity index (χ1) is 6.12. The predicted molar refractivity (Wildman–Crippen MR) is 59.1 cm³/mol. The summed E-state index contributed by atoms with van der Waals surface area (Å²) in [6.07, 6.45) is 3.02. The van der Waals surface area contributed by atoms with Gasteiger partial charge in [0.15, 0.2) is 0 Å². The molecule has 0 fully saturated rings. The highest BCUT2D eigenvalue weighted by atomic mass is 35.5. The van der Waals surface area contributed by atoms with Crippen LogP contribution in [-0.4, -0.2) is 24.0 Å². The normalized spacial score (nSPS) is 14.5. The second-order valence-electron chi connectivity index (χ2n) is 3.33. The fourth-order valence-corrected chi connectivity index (χ4v) is 1.01. The van der Waals surface area contributed by atoms with E-state index in [4.69, 9.17) is 11.6 Å². The number of nitrogens with zero attached hydrogens (tertiary/aromatic N) is 2. The largest absolute Gasteiger partial charge is 0.226 e. The van der Waals surface area contributed by atoms with Crippen molar-refractivity contribution < 1.29 is 0 Å². The van der Waals surface area contributed by atoms with Crippen LogP contribution in [0.2, 0.25) is 0 Å². The van der Waals surface area contributed by atoms with E-state index in [0.717, 1.165) is 32.4 Å². The highest BCUT2D eigenvalue weighted by Gasteiger charge is 2.16. The van der Waals surface area contributed by atoms with Crippen molar-refractivity contribution >= 4 is 17.6 Å². The standard InChI is InChI=1S/C10H19ClN2/c1-4-10(3,11)7-6-8-13-9-12-5-2/h4-8H2,1-3H3. The molecule has 0 rings (SSSR count). The van der Waals surface area contributed by atoms with E-state index in [-0.39, 0.29) is 4.87 Å². The lowest BCUT2D eigenvalue weighted by Crippen LogP contribution is -2.14. The van der Waals surface area contributed by atoms with Crippen molar-refractivity contribution in [3.63, 3.8) is 0 Å². The predicted octanol–water partition coefficient (Wildman–Crippen LogP) is 3.37. The number of hydrogen-bond acceptors (Lipinski definition) is 2. The van der Waals surface area contributed by atoms with E-state index in [2.05, 4.69) is 29.8 Å². The third-order valence-electron chi connectivity index (χ3n) is 2.00. The molecule has 0 aliphatic rings. The average Bonchev–Trinajstić information content (AvgIpc) is 2.11. The first-order valence-corrected chi connectivity index (χ1v) is 5.27. The molecule has 0 aliphatic heterocycles. The van der Waals surface area contributed by atoms with Crippen molar-refractivity contribution in [2.24, 2.45) is 9.98 Å². The Kier molecular flexibility index (Phi) is 6.93. The van der Waals surface area contributed by atoms with Crippen molar-refractivity contribution in [1.29, 1.82) is 0 Å². The SMILES string of the molecule is CCN=C=NCCCC(C)(Cl)CC. The Hall–Kier alpha value is -0.330. The summed E-state index contributed by atoms with van der Waals surface area (Å²) in [4.78, 5) is 7.84. The lowest BCUT2D eigenvalue weighted by molar-refractivity contribution is 0.538. The molecule has 13 heavy (non-hydrogen) atoms. The van der Waals surface area contributed by atoms with Gasteiger partial charge in [-0.25, -0.2) is 9.98 Å². The zero-order valence-electron chi connectivity index (χ0n) is 8.81. The number of alkyl halides is 1. The van der Waals surface area contributed by atoms with Gasteiger partial charge in [-0.3, -0.25) is 0 Å². The molecule has 2 nitrogen and oxygen atoms in total. The fraction of sp³-hybridized carbons (Fsp3) is 0.900. The summed E-state index contributed by atoms with van der Waals surface area (Å²) in [6, 6.07) is 2.65. The molecule has 76 valence electrons. The minimum absolute atomic E-state index is 0.0581. The van der Waals surface area contributed by atoms with Crippen LogP contribution >= 0.6 is 11.6 Å². The maximum atomic E-state index is 6.18. The van der Waals surface area contributed by atoms with Gasteiger partial charge < -0.3 is 0 Å². The molecule has 0 aromatic rings. The van der Waals surface area contributed by atoms with Gasteiger partial charge in [-0.1, -0.05) is 6.92 Å². The molecule has 3 heteroatoms. The maximum absolute atomic E-state index is 6.18. The van der Waals surface area contributed by atoms with Gasteiger partial charge in [0.2, 0.25) is 0 Å². The van der Waals surface area contributed by atoms with Crippen LogP contribution < -0.4 is 0 Å². The zero-order valence-corrected chi connectivity index (χ0v) is 9.56. The van der Waals surface area contributed by atoms with Crippen LogP contribution in [0.1, 0.15) is 40.0 Å². The molecule has 1 unspecified atom stereocenters. The fourth-order valence-electron chi connectivity index (χ4n) is 0.874. The number of aliphatic imine (C=N–C) groups is 2. The first kappa shape index (κ1) is 12.7. The molecule has 1 atom stereocenters. The van der Waals surface area contributed by atoms with Crippen molar-refractivity contribution in [3.05, 3.63) is 0 Å². The summed E-state index contributed by atoms with van der Waals surface area (Å²) in [6.45, 7) is 7.68. The lowest BCUT2D eigenvalue weighted by atomic mass is 10.0. The van der Waals surface area contributed by atoms with Crippen molar-refractivity contribution in [3.8, 4) is 0 Å². The third kappa shape index (κ3) is 8.01. The van der Waals surface area contributed by atoms with Gasteiger partial charge in [-0.05, 0) is 33.1 Å². The van der Waals surface area contributed by atoms with Gasteiger partial charge in [0.05, 0.1) is 6.01 Å². The topological polar surface area (TPSA) is 24.7 Å². The van der Waals surface area contributed by atoms with Crippen LogP contribution in [0, 0.1) is 0 Å². The number of halogens is 1. The van der Waals surface area contributed by atoms with E-state index in [9.17, 15) is 0 Å². The third-order valence-corrected chi connectivity index (χ3v) is 2.46. The van der Waals surface area contributed by atoms with Gasteiger partial charge in [0, 0.05) is 18.0 Å². The van der Waals surface area contributed by atoms with Crippen LogP contribution in [0.25, 0.3) is 0 Å². The van der Waals surface area contributed by atoms with E-state index in [1.54, 1.807) is 0 Å². The summed E-state index contributed by atoms with van der Waals surface area (Å²) in [5, 5.41) is 0. The molecule has 0 spiro atoms. The summed E-state index contributed by atoms with van der Waals surface area (Å²) < 4.78 is 0. The van der Waals surface area contributed by atoms with Gasteiger partial charge in [0.1, 0.15) is 0 Å².